The van der Waals surface area contributed by atoms with Crippen molar-refractivity contribution in [2.45, 2.75) is 12.8 Å². The molecule has 0 saturated heterocycles. The average Bonchev–Trinajstić information content (AvgIpc) is 2.21. The van der Waals surface area contributed by atoms with Crippen LogP contribution in [0, 0.1) is 12.3 Å². The maximum atomic E-state index is 9.68. The molecule has 0 saturated carbocycles. The van der Waals surface area contributed by atoms with Gasteiger partial charge in [0.05, 0.1) is 11.6 Å². The van der Waals surface area contributed by atoms with Crippen LogP contribution in [0.25, 0.3) is 0 Å². The van der Waals surface area contributed by atoms with Crippen LogP contribution in [0.5, 0.6) is 11.5 Å². The molecule has 1 atom stereocenters. The average molecular weight is 255 g/mol. The monoisotopic (exact) mass is 254 g/mol. The van der Waals surface area contributed by atoms with Crippen LogP contribution in [0.3, 0.4) is 0 Å². The first-order chi connectivity index (χ1) is 6.61. The Morgan fingerprint density at radius 3 is 2.71 bits per heavy atom. The van der Waals surface area contributed by atoms with Crippen molar-refractivity contribution < 1.29 is 9.84 Å². The van der Waals surface area contributed by atoms with Gasteiger partial charge in [0.15, 0.2) is 11.5 Å². The van der Waals surface area contributed by atoms with Crippen LogP contribution < -0.4 is 4.74 Å². The summed E-state index contributed by atoms with van der Waals surface area (Å²) in [5, 5.41) is 9.68. The van der Waals surface area contributed by atoms with Gasteiger partial charge in [0.1, 0.15) is 0 Å². The van der Waals surface area contributed by atoms with Gasteiger partial charge in [-0.2, -0.15) is 0 Å². The van der Waals surface area contributed by atoms with Crippen molar-refractivity contribution in [2.75, 3.05) is 7.11 Å². The van der Waals surface area contributed by atoms with Crippen LogP contribution >= 0.6 is 15.9 Å². The predicted molar refractivity (Wildman–Crippen MR) is 59.6 cm³/mol. The number of methoxy groups -OCH3 is 1. The number of phenolic OH excluding ortho intramolecular Hbond substituents is 1. The van der Waals surface area contributed by atoms with E-state index in [2.05, 4.69) is 21.9 Å². The van der Waals surface area contributed by atoms with Gasteiger partial charge in [-0.1, -0.05) is 12.0 Å². The Bertz CT molecular complexity index is 380. The number of terminal acetylenes is 1. The van der Waals surface area contributed by atoms with Gasteiger partial charge < -0.3 is 9.84 Å². The highest BCUT2D eigenvalue weighted by Gasteiger charge is 2.13. The lowest BCUT2D eigenvalue weighted by atomic mass is 10.0. The third kappa shape index (κ3) is 1.85. The summed E-state index contributed by atoms with van der Waals surface area (Å²) in [6.07, 6.45) is 5.31. The lowest BCUT2D eigenvalue weighted by Crippen LogP contribution is -1.93. The van der Waals surface area contributed by atoms with Crippen molar-refractivity contribution in [2.24, 2.45) is 0 Å². The molecule has 0 spiro atoms. The summed E-state index contributed by atoms with van der Waals surface area (Å²) in [6, 6.07) is 3.54. The molecule has 14 heavy (non-hydrogen) atoms. The number of aromatic hydroxyl groups is 1. The maximum Gasteiger partial charge on any atom is 0.172 e. The molecule has 2 nitrogen and oxygen atoms in total. The van der Waals surface area contributed by atoms with Gasteiger partial charge in [-0.15, -0.1) is 6.42 Å². The van der Waals surface area contributed by atoms with E-state index in [1.807, 2.05) is 13.0 Å². The Balaban J connectivity index is 3.25. The van der Waals surface area contributed by atoms with E-state index >= 15 is 0 Å². The molecule has 74 valence electrons. The molecule has 1 aromatic carbocycles. The van der Waals surface area contributed by atoms with Crippen molar-refractivity contribution in [3.63, 3.8) is 0 Å². The van der Waals surface area contributed by atoms with Gasteiger partial charge in [0.2, 0.25) is 0 Å². The smallest absolute Gasteiger partial charge is 0.172 e. The molecule has 0 heterocycles. The maximum absolute atomic E-state index is 9.68. The Morgan fingerprint density at radius 2 is 2.21 bits per heavy atom. The van der Waals surface area contributed by atoms with E-state index in [4.69, 9.17) is 11.2 Å². The molecule has 0 bridgehead atoms. The fourth-order valence-electron chi connectivity index (χ4n) is 1.15. The topological polar surface area (TPSA) is 29.5 Å². The lowest BCUT2D eigenvalue weighted by Gasteiger charge is -2.11. The molecule has 1 unspecified atom stereocenters. The highest BCUT2D eigenvalue weighted by molar-refractivity contribution is 9.10. The molecule has 0 aromatic heterocycles. The van der Waals surface area contributed by atoms with E-state index in [0.29, 0.717) is 10.2 Å². The summed E-state index contributed by atoms with van der Waals surface area (Å²) in [4.78, 5) is 0. The van der Waals surface area contributed by atoms with Crippen LogP contribution in [-0.4, -0.2) is 12.2 Å². The highest BCUT2D eigenvalue weighted by Crippen LogP contribution is 2.39. The minimum Gasteiger partial charge on any atom is -0.503 e. The third-order valence-electron chi connectivity index (χ3n) is 2.05. The molecule has 0 radical (unpaired) electrons. The van der Waals surface area contributed by atoms with Gasteiger partial charge in [-0.25, -0.2) is 0 Å². The van der Waals surface area contributed by atoms with Crippen LogP contribution in [0.2, 0.25) is 0 Å². The van der Waals surface area contributed by atoms with Gasteiger partial charge in [-0.3, -0.25) is 0 Å². The Kier molecular flexibility index (Phi) is 3.43. The van der Waals surface area contributed by atoms with Crippen molar-refractivity contribution in [3.05, 3.63) is 22.2 Å². The second-order valence-corrected chi connectivity index (χ2v) is 3.70. The fraction of sp³-hybridized carbons (Fsp3) is 0.273. The van der Waals surface area contributed by atoms with E-state index in [9.17, 15) is 5.11 Å². The summed E-state index contributed by atoms with van der Waals surface area (Å²) in [5.74, 6) is 3.09. The summed E-state index contributed by atoms with van der Waals surface area (Å²) >= 11 is 3.29. The van der Waals surface area contributed by atoms with Crippen LogP contribution in [0.1, 0.15) is 18.4 Å². The second kappa shape index (κ2) is 4.39. The molecule has 3 heteroatoms. The number of phenols is 1. The molecule has 0 aliphatic rings. The normalized spacial score (nSPS) is 11.9. The van der Waals surface area contributed by atoms with Crippen molar-refractivity contribution in [3.8, 4) is 23.8 Å². The molecule has 1 aromatic rings. The quantitative estimate of drug-likeness (QED) is 0.823. The largest absolute Gasteiger partial charge is 0.503 e. The first-order valence-corrected chi connectivity index (χ1v) is 4.92. The number of halogens is 1. The Morgan fingerprint density at radius 1 is 1.57 bits per heavy atom. The summed E-state index contributed by atoms with van der Waals surface area (Å²) in [5.41, 5.74) is 0.880. The highest BCUT2D eigenvalue weighted by atomic mass is 79.9. The van der Waals surface area contributed by atoms with Crippen molar-refractivity contribution >= 4 is 15.9 Å². The van der Waals surface area contributed by atoms with E-state index < -0.39 is 0 Å². The summed E-state index contributed by atoms with van der Waals surface area (Å²) < 4.78 is 5.56. The second-order valence-electron chi connectivity index (χ2n) is 2.91. The number of ether oxygens (including phenoxy) is 1. The van der Waals surface area contributed by atoms with E-state index in [1.165, 1.54) is 7.11 Å². The van der Waals surface area contributed by atoms with Crippen LogP contribution in [0.4, 0.5) is 0 Å². The zero-order valence-corrected chi connectivity index (χ0v) is 9.63. The van der Waals surface area contributed by atoms with Crippen LogP contribution in [-0.2, 0) is 0 Å². The van der Waals surface area contributed by atoms with E-state index in [1.54, 1.807) is 6.07 Å². The van der Waals surface area contributed by atoms with Crippen molar-refractivity contribution in [1.29, 1.82) is 0 Å². The first-order valence-electron chi connectivity index (χ1n) is 4.13. The summed E-state index contributed by atoms with van der Waals surface area (Å²) in [6.45, 7) is 1.89. The van der Waals surface area contributed by atoms with Gasteiger partial charge in [0, 0.05) is 5.92 Å². The van der Waals surface area contributed by atoms with Gasteiger partial charge in [-0.05, 0) is 34.5 Å². The molecule has 0 fully saturated rings. The molecule has 1 N–H and O–H groups in total. The first kappa shape index (κ1) is 10.9. The van der Waals surface area contributed by atoms with Gasteiger partial charge >= 0.3 is 0 Å². The SMILES string of the molecule is C#CC(C)c1ccc(OC)c(O)c1Br. The number of hydrogen-bond acceptors (Lipinski definition) is 2. The minimum absolute atomic E-state index is 0.0406. The van der Waals surface area contributed by atoms with Crippen LogP contribution in [0.15, 0.2) is 16.6 Å². The number of hydrogen-bond donors (Lipinski definition) is 1. The molecular formula is C11H11BrO2. The Hall–Kier alpha value is -1.14. The number of rotatable bonds is 2. The van der Waals surface area contributed by atoms with Crippen molar-refractivity contribution in [1.82, 2.24) is 0 Å². The molecular weight excluding hydrogens is 244 g/mol. The Labute approximate surface area is 92.0 Å². The molecule has 1 rings (SSSR count). The summed E-state index contributed by atoms with van der Waals surface area (Å²) in [7, 11) is 1.51. The fourth-order valence-corrected chi connectivity index (χ4v) is 1.82. The standard InChI is InChI=1S/C11H11BrO2/c1-4-7(2)8-5-6-9(14-3)11(13)10(8)12/h1,5-7,13H,2-3H3. The molecule has 0 aliphatic carbocycles. The third-order valence-corrected chi connectivity index (χ3v) is 2.88. The zero-order chi connectivity index (χ0) is 10.7. The molecule has 0 aliphatic heterocycles. The van der Waals surface area contributed by atoms with E-state index in [0.717, 1.165) is 5.56 Å². The zero-order valence-electron chi connectivity index (χ0n) is 8.04. The predicted octanol–water partition coefficient (Wildman–Crippen LogP) is 2.90. The van der Waals surface area contributed by atoms with E-state index in [-0.39, 0.29) is 11.7 Å². The molecule has 0 amide bonds. The minimum atomic E-state index is -0.0406. The number of benzene rings is 1. The van der Waals surface area contributed by atoms with Gasteiger partial charge in [0.25, 0.3) is 0 Å². The lowest BCUT2D eigenvalue weighted by molar-refractivity contribution is 0.371.